The van der Waals surface area contributed by atoms with Crippen LogP contribution in [0.4, 0.5) is 4.39 Å². The SMILES string of the molecule is Cc1ccc(-c2ccc(Cl)c(F)c2)cc1C1=C(O)C(C)(C)OC(C)(I)C1=O. The van der Waals surface area contributed by atoms with Gasteiger partial charge in [0.25, 0.3) is 0 Å². The number of hydrogen-bond donors (Lipinski definition) is 1. The molecule has 0 amide bonds. The summed E-state index contributed by atoms with van der Waals surface area (Å²) in [5, 5.41) is 10.8. The van der Waals surface area contributed by atoms with Crippen LogP contribution in [-0.4, -0.2) is 20.1 Å². The maximum atomic E-state index is 13.9. The number of benzene rings is 2. The summed E-state index contributed by atoms with van der Waals surface area (Å²) >= 11 is 7.73. The van der Waals surface area contributed by atoms with Crippen molar-refractivity contribution in [1.82, 2.24) is 0 Å². The van der Waals surface area contributed by atoms with Crippen molar-refractivity contribution in [2.45, 2.75) is 36.9 Å². The number of rotatable bonds is 2. The zero-order valence-electron chi connectivity index (χ0n) is 15.4. The molecule has 1 N–H and O–H groups in total. The molecule has 0 aromatic heterocycles. The highest BCUT2D eigenvalue weighted by molar-refractivity contribution is 14.1. The molecular formula is C21H19ClFIO3. The van der Waals surface area contributed by atoms with Crippen LogP contribution in [0.2, 0.25) is 5.02 Å². The Morgan fingerprint density at radius 2 is 1.70 bits per heavy atom. The third kappa shape index (κ3) is 3.65. The molecule has 2 aromatic rings. The van der Waals surface area contributed by atoms with E-state index in [0.717, 1.165) is 11.1 Å². The van der Waals surface area contributed by atoms with Crippen molar-refractivity contribution in [3.63, 3.8) is 0 Å². The average molecular weight is 501 g/mol. The van der Waals surface area contributed by atoms with Crippen LogP contribution < -0.4 is 0 Å². The minimum Gasteiger partial charge on any atom is -0.508 e. The summed E-state index contributed by atoms with van der Waals surface area (Å²) in [6, 6.07) is 10.0. The number of hydrogen-bond acceptors (Lipinski definition) is 3. The van der Waals surface area contributed by atoms with Crippen LogP contribution in [0.5, 0.6) is 0 Å². The zero-order valence-corrected chi connectivity index (χ0v) is 18.3. The molecular weight excluding hydrogens is 482 g/mol. The number of aliphatic hydroxyl groups excluding tert-OH is 1. The summed E-state index contributed by atoms with van der Waals surface area (Å²) in [4.78, 5) is 13.0. The van der Waals surface area contributed by atoms with Crippen molar-refractivity contribution in [3.8, 4) is 11.1 Å². The zero-order chi connectivity index (χ0) is 20.1. The first-order chi connectivity index (χ1) is 12.4. The van der Waals surface area contributed by atoms with E-state index in [2.05, 4.69) is 0 Å². The molecule has 0 spiro atoms. The van der Waals surface area contributed by atoms with Crippen LogP contribution in [0.15, 0.2) is 42.2 Å². The number of ether oxygens (including phenoxy) is 1. The molecule has 0 saturated carbocycles. The summed E-state index contributed by atoms with van der Waals surface area (Å²) in [5.41, 5.74) is 2.01. The smallest absolute Gasteiger partial charge is 0.208 e. The van der Waals surface area contributed by atoms with Gasteiger partial charge in [0, 0.05) is 0 Å². The number of carbonyl (C=O) groups is 1. The third-order valence-corrected chi connectivity index (χ3v) is 5.66. The topological polar surface area (TPSA) is 46.5 Å². The third-order valence-electron chi connectivity index (χ3n) is 4.65. The molecule has 0 radical (unpaired) electrons. The Morgan fingerprint density at radius 1 is 1.11 bits per heavy atom. The molecule has 0 bridgehead atoms. The maximum Gasteiger partial charge on any atom is 0.208 e. The molecule has 2 aromatic carbocycles. The molecule has 27 heavy (non-hydrogen) atoms. The standard InChI is InChI=1S/C21H19ClFIO3/c1-11-5-6-12(13-7-8-15(22)16(23)10-13)9-14(11)17-18(25)20(2,3)27-21(4,24)19(17)26/h5-10,25H,1-4H3. The van der Waals surface area contributed by atoms with Gasteiger partial charge >= 0.3 is 0 Å². The fraction of sp³-hybridized carbons (Fsp3) is 0.286. The number of aliphatic hydroxyl groups is 1. The van der Waals surface area contributed by atoms with Crippen LogP contribution in [0, 0.1) is 12.7 Å². The Bertz CT molecular complexity index is 979. The van der Waals surface area contributed by atoms with Crippen LogP contribution in [0.1, 0.15) is 31.9 Å². The lowest BCUT2D eigenvalue weighted by molar-refractivity contribution is -0.140. The predicted octanol–water partition coefficient (Wildman–Crippen LogP) is 6.25. The highest BCUT2D eigenvalue weighted by atomic mass is 127. The minimum absolute atomic E-state index is 0.0495. The van der Waals surface area contributed by atoms with Crippen molar-refractivity contribution in [2.75, 3.05) is 0 Å². The molecule has 1 unspecified atom stereocenters. The van der Waals surface area contributed by atoms with Crippen molar-refractivity contribution in [1.29, 1.82) is 0 Å². The Hall–Kier alpha value is -1.44. The second-order valence-corrected chi connectivity index (χ2v) is 9.71. The van der Waals surface area contributed by atoms with Gasteiger partial charge in [-0.3, -0.25) is 4.79 Å². The van der Waals surface area contributed by atoms with E-state index in [1.54, 1.807) is 32.9 Å². The number of alkyl halides is 1. The van der Waals surface area contributed by atoms with Gasteiger partial charge in [0.1, 0.15) is 17.2 Å². The van der Waals surface area contributed by atoms with Gasteiger partial charge in [0.2, 0.25) is 5.78 Å². The second kappa shape index (κ2) is 6.87. The predicted molar refractivity (Wildman–Crippen MR) is 114 cm³/mol. The van der Waals surface area contributed by atoms with Crippen LogP contribution in [0.25, 0.3) is 16.7 Å². The quantitative estimate of drug-likeness (QED) is 0.391. The molecule has 1 atom stereocenters. The first-order valence-electron chi connectivity index (χ1n) is 8.38. The summed E-state index contributed by atoms with van der Waals surface area (Å²) in [5.74, 6) is -0.923. The number of Topliss-reactive ketones (excluding diaryl/α,β-unsaturated/α-hetero) is 1. The normalized spacial score (nSPS) is 22.3. The van der Waals surface area contributed by atoms with Crippen molar-refractivity contribution in [2.24, 2.45) is 0 Å². The lowest BCUT2D eigenvalue weighted by Crippen LogP contribution is -2.47. The summed E-state index contributed by atoms with van der Waals surface area (Å²) in [6.07, 6.45) is 0. The van der Waals surface area contributed by atoms with E-state index in [0.29, 0.717) is 11.1 Å². The van der Waals surface area contributed by atoms with Gasteiger partial charge in [0.15, 0.2) is 3.61 Å². The molecule has 0 aliphatic carbocycles. The highest BCUT2D eigenvalue weighted by Crippen LogP contribution is 2.44. The van der Waals surface area contributed by atoms with E-state index in [4.69, 9.17) is 16.3 Å². The summed E-state index contributed by atoms with van der Waals surface area (Å²) < 4.78 is 18.6. The number of aryl methyl sites for hydroxylation is 1. The molecule has 6 heteroatoms. The molecule has 1 aliphatic heterocycles. The van der Waals surface area contributed by atoms with Crippen LogP contribution in [0.3, 0.4) is 0 Å². The van der Waals surface area contributed by atoms with E-state index < -0.39 is 15.0 Å². The molecule has 142 valence electrons. The van der Waals surface area contributed by atoms with Crippen LogP contribution in [-0.2, 0) is 9.53 Å². The summed E-state index contributed by atoms with van der Waals surface area (Å²) in [7, 11) is 0. The van der Waals surface area contributed by atoms with E-state index in [1.807, 2.05) is 41.6 Å². The first-order valence-corrected chi connectivity index (χ1v) is 9.84. The molecule has 0 saturated heterocycles. The largest absolute Gasteiger partial charge is 0.508 e. The van der Waals surface area contributed by atoms with E-state index in [1.165, 1.54) is 12.1 Å². The summed E-state index contributed by atoms with van der Waals surface area (Å²) in [6.45, 7) is 6.98. The molecule has 1 aliphatic rings. The van der Waals surface area contributed by atoms with Gasteiger partial charge in [-0.15, -0.1) is 0 Å². The number of halogens is 3. The highest BCUT2D eigenvalue weighted by Gasteiger charge is 2.48. The van der Waals surface area contributed by atoms with Gasteiger partial charge in [-0.2, -0.15) is 0 Å². The van der Waals surface area contributed by atoms with Gasteiger partial charge < -0.3 is 9.84 Å². The molecule has 3 nitrogen and oxygen atoms in total. The average Bonchev–Trinajstić information content (AvgIpc) is 2.57. The van der Waals surface area contributed by atoms with Gasteiger partial charge in [-0.25, -0.2) is 4.39 Å². The maximum absolute atomic E-state index is 13.9. The lowest BCUT2D eigenvalue weighted by atomic mass is 9.85. The Kier molecular flexibility index (Phi) is 5.16. The second-order valence-electron chi connectivity index (χ2n) is 7.24. The molecule has 0 fully saturated rings. The lowest BCUT2D eigenvalue weighted by Gasteiger charge is -2.39. The van der Waals surface area contributed by atoms with E-state index in [9.17, 15) is 14.3 Å². The Labute approximate surface area is 176 Å². The van der Waals surface area contributed by atoms with Gasteiger partial charge in [-0.1, -0.05) is 29.8 Å². The number of carbonyl (C=O) groups excluding carboxylic acids is 1. The first kappa shape index (κ1) is 20.3. The minimum atomic E-state index is -1.10. The molecule has 3 rings (SSSR count). The van der Waals surface area contributed by atoms with Crippen molar-refractivity contribution < 1.29 is 19.0 Å². The van der Waals surface area contributed by atoms with Crippen LogP contribution >= 0.6 is 34.2 Å². The van der Waals surface area contributed by atoms with Gasteiger partial charge in [0.05, 0.1) is 10.6 Å². The Balaban J connectivity index is 2.22. The Morgan fingerprint density at radius 3 is 2.33 bits per heavy atom. The number of ketones is 1. The van der Waals surface area contributed by atoms with Crippen molar-refractivity contribution >= 4 is 45.5 Å². The van der Waals surface area contributed by atoms with E-state index in [-0.39, 0.29) is 22.1 Å². The van der Waals surface area contributed by atoms with Gasteiger partial charge in [-0.05, 0) is 90.7 Å². The molecule has 1 heterocycles. The van der Waals surface area contributed by atoms with Crippen molar-refractivity contribution in [3.05, 3.63) is 64.1 Å². The fourth-order valence-electron chi connectivity index (χ4n) is 3.20. The monoisotopic (exact) mass is 500 g/mol. The van der Waals surface area contributed by atoms with E-state index >= 15 is 0 Å². The fourth-order valence-corrected chi connectivity index (χ4v) is 4.14.